The Hall–Kier alpha value is -2.54. The Labute approximate surface area is 213 Å². The number of aliphatic hydroxyl groups excluding tert-OH is 1. The van der Waals surface area contributed by atoms with Crippen LogP contribution in [0.1, 0.15) is 70.8 Å². The van der Waals surface area contributed by atoms with Gasteiger partial charge in [0.1, 0.15) is 0 Å². The van der Waals surface area contributed by atoms with Crippen molar-refractivity contribution in [3.8, 4) is 11.5 Å². The van der Waals surface area contributed by atoms with Crippen LogP contribution in [0.5, 0.6) is 11.5 Å². The molecule has 196 valence electrons. The fourth-order valence-corrected chi connectivity index (χ4v) is 7.91. The monoisotopic (exact) mass is 496 g/mol. The summed E-state index contributed by atoms with van der Waals surface area (Å²) < 4.78 is 0. The number of benzene rings is 1. The lowest BCUT2D eigenvalue weighted by atomic mass is 9.47. The van der Waals surface area contributed by atoms with Gasteiger partial charge in [0.2, 0.25) is 0 Å². The number of amides is 1. The number of aliphatic hydroxyl groups is 1. The number of carbonyl (C=O) groups is 1. The Morgan fingerprint density at radius 2 is 1.92 bits per heavy atom. The van der Waals surface area contributed by atoms with Gasteiger partial charge in [0.15, 0.2) is 18.1 Å². The lowest BCUT2D eigenvalue weighted by molar-refractivity contribution is -0.125. The van der Waals surface area contributed by atoms with E-state index in [1.54, 1.807) is 6.07 Å². The molecule has 7 heteroatoms. The van der Waals surface area contributed by atoms with E-state index >= 15 is 0 Å². The van der Waals surface area contributed by atoms with Crippen LogP contribution in [0.15, 0.2) is 35.0 Å². The number of fused-ring (bicyclic) bond motifs is 5. The summed E-state index contributed by atoms with van der Waals surface area (Å²) in [6.45, 7) is 5.06. The molecule has 3 fully saturated rings. The van der Waals surface area contributed by atoms with Crippen molar-refractivity contribution in [2.75, 3.05) is 13.2 Å². The number of aromatic hydroxyl groups is 2. The predicted molar refractivity (Wildman–Crippen MR) is 138 cm³/mol. The van der Waals surface area contributed by atoms with Crippen LogP contribution in [0.25, 0.3) is 0 Å². The second kappa shape index (κ2) is 9.73. The maximum Gasteiger partial charge on any atom is 0.260 e. The number of oxime groups is 1. The molecule has 0 unspecified atom stereocenters. The van der Waals surface area contributed by atoms with Gasteiger partial charge in [-0.15, -0.1) is 0 Å². The van der Waals surface area contributed by atoms with Crippen LogP contribution in [-0.4, -0.2) is 46.2 Å². The standard InChI is InChI=1S/C29H40N2O5/c1-28-12-9-20(31-36-17-27(35)30-14-11-18-3-7-24(32)25(33)15-18)16-19(28)4-5-21-22-6-8-26(34)29(22,2)13-10-23(21)28/h3,7,15-16,21-23,26,32-34H,4-6,8-14,17H2,1-2H3,(H,30,35)/t21-,22-,23-,26-,28+,29+/m1/s1. The minimum absolute atomic E-state index is 0.111. The van der Waals surface area contributed by atoms with Crippen molar-refractivity contribution >= 4 is 11.6 Å². The van der Waals surface area contributed by atoms with Crippen LogP contribution in [0.3, 0.4) is 0 Å². The minimum Gasteiger partial charge on any atom is -0.504 e. The van der Waals surface area contributed by atoms with Gasteiger partial charge in [-0.2, -0.15) is 0 Å². The second-order valence-corrected chi connectivity index (χ2v) is 11.9. The molecule has 1 amide bonds. The molecule has 0 saturated heterocycles. The number of nitrogens with zero attached hydrogens (tertiary/aromatic N) is 1. The lowest BCUT2D eigenvalue weighted by Gasteiger charge is -2.57. The van der Waals surface area contributed by atoms with Gasteiger partial charge in [0.25, 0.3) is 5.91 Å². The predicted octanol–water partition coefficient (Wildman–Crippen LogP) is 4.45. The third-order valence-corrected chi connectivity index (χ3v) is 10.1. The van der Waals surface area contributed by atoms with Gasteiger partial charge in [-0.1, -0.05) is 30.6 Å². The fourth-order valence-electron chi connectivity index (χ4n) is 7.91. The molecule has 0 radical (unpaired) electrons. The summed E-state index contributed by atoms with van der Waals surface area (Å²) in [4.78, 5) is 17.5. The molecule has 4 N–H and O–H groups in total. The van der Waals surface area contributed by atoms with Crippen molar-refractivity contribution < 1.29 is 25.0 Å². The minimum atomic E-state index is -0.236. The summed E-state index contributed by atoms with van der Waals surface area (Å²) in [6.07, 6.45) is 11.3. The summed E-state index contributed by atoms with van der Waals surface area (Å²) >= 11 is 0. The molecule has 5 rings (SSSR count). The first-order valence-electron chi connectivity index (χ1n) is 13.6. The molecule has 3 saturated carbocycles. The number of phenols is 2. The maximum absolute atomic E-state index is 12.1. The van der Waals surface area contributed by atoms with Crippen LogP contribution in [0.4, 0.5) is 0 Å². The number of nitrogens with one attached hydrogen (secondary N) is 1. The van der Waals surface area contributed by atoms with Gasteiger partial charge in [-0.05, 0) is 110 Å². The zero-order chi connectivity index (χ0) is 25.5. The number of hydrogen-bond donors (Lipinski definition) is 4. The molecule has 1 aromatic carbocycles. The van der Waals surface area contributed by atoms with Crippen molar-refractivity contribution in [3.63, 3.8) is 0 Å². The topological polar surface area (TPSA) is 111 Å². The molecule has 0 spiro atoms. The summed E-state index contributed by atoms with van der Waals surface area (Å²) in [7, 11) is 0. The molecule has 4 aliphatic rings. The van der Waals surface area contributed by atoms with E-state index in [9.17, 15) is 20.1 Å². The Morgan fingerprint density at radius 3 is 2.72 bits per heavy atom. The van der Waals surface area contributed by atoms with Crippen LogP contribution in [0.2, 0.25) is 0 Å². The first-order chi connectivity index (χ1) is 17.2. The second-order valence-electron chi connectivity index (χ2n) is 11.9. The van der Waals surface area contributed by atoms with Crippen molar-refractivity contribution in [3.05, 3.63) is 35.4 Å². The first-order valence-corrected chi connectivity index (χ1v) is 13.6. The lowest BCUT2D eigenvalue weighted by Crippen LogP contribution is -2.51. The van der Waals surface area contributed by atoms with E-state index < -0.39 is 0 Å². The molecule has 6 atom stereocenters. The largest absolute Gasteiger partial charge is 0.504 e. The fraction of sp³-hybridized carbons (Fsp3) is 0.655. The van der Waals surface area contributed by atoms with E-state index in [4.69, 9.17) is 4.84 Å². The summed E-state index contributed by atoms with van der Waals surface area (Å²) in [5.41, 5.74) is 3.55. The van der Waals surface area contributed by atoms with Crippen molar-refractivity contribution in [1.29, 1.82) is 0 Å². The van der Waals surface area contributed by atoms with Crippen LogP contribution < -0.4 is 5.32 Å². The van der Waals surface area contributed by atoms with Gasteiger partial charge in [-0.3, -0.25) is 4.79 Å². The molecule has 7 nitrogen and oxygen atoms in total. The van der Waals surface area contributed by atoms with E-state index in [0.717, 1.165) is 43.4 Å². The van der Waals surface area contributed by atoms with Gasteiger partial charge in [0, 0.05) is 6.54 Å². The van der Waals surface area contributed by atoms with E-state index in [2.05, 4.69) is 30.4 Å². The van der Waals surface area contributed by atoms with Gasteiger partial charge < -0.3 is 25.5 Å². The highest BCUT2D eigenvalue weighted by atomic mass is 16.6. The number of rotatable bonds is 6. The van der Waals surface area contributed by atoms with E-state index in [0.29, 0.717) is 30.7 Å². The van der Waals surface area contributed by atoms with Crippen molar-refractivity contribution in [2.24, 2.45) is 33.7 Å². The van der Waals surface area contributed by atoms with Gasteiger partial charge in [0.05, 0.1) is 11.8 Å². The number of hydrogen-bond acceptors (Lipinski definition) is 6. The molecule has 1 aromatic rings. The third kappa shape index (κ3) is 4.51. The molecule has 0 aliphatic heterocycles. The molecule has 4 aliphatic carbocycles. The molecule has 0 bridgehead atoms. The van der Waals surface area contributed by atoms with E-state index in [-0.39, 0.29) is 40.9 Å². The average molecular weight is 497 g/mol. The highest BCUT2D eigenvalue weighted by molar-refractivity contribution is 5.96. The van der Waals surface area contributed by atoms with E-state index in [1.165, 1.54) is 37.0 Å². The van der Waals surface area contributed by atoms with Gasteiger partial charge >= 0.3 is 0 Å². The molecular weight excluding hydrogens is 456 g/mol. The highest BCUT2D eigenvalue weighted by Gasteiger charge is 2.58. The Bertz CT molecular complexity index is 1070. The Kier molecular flexibility index (Phi) is 6.79. The maximum atomic E-state index is 12.1. The zero-order valence-corrected chi connectivity index (χ0v) is 21.5. The number of carbonyl (C=O) groups excluding carboxylic acids is 1. The number of allylic oxidation sites excluding steroid dienone is 2. The SMILES string of the molecule is C[C@]12CC[C@@H]3[C@H](CCC4=CC(=NOCC(=O)NCCc5ccc(O)c(O)c5)CC[C@@]43C)[C@H]1CC[C@H]2O. The smallest absolute Gasteiger partial charge is 0.260 e. The Morgan fingerprint density at radius 1 is 1.08 bits per heavy atom. The Balaban J connectivity index is 1.13. The zero-order valence-electron chi connectivity index (χ0n) is 21.5. The van der Waals surface area contributed by atoms with E-state index in [1.807, 2.05) is 0 Å². The summed E-state index contributed by atoms with van der Waals surface area (Å²) in [6, 6.07) is 4.64. The summed E-state index contributed by atoms with van der Waals surface area (Å²) in [5.74, 6) is 1.50. The van der Waals surface area contributed by atoms with Crippen LogP contribution in [-0.2, 0) is 16.1 Å². The van der Waals surface area contributed by atoms with Crippen molar-refractivity contribution in [2.45, 2.75) is 77.7 Å². The molecule has 0 aromatic heterocycles. The van der Waals surface area contributed by atoms with Crippen molar-refractivity contribution in [1.82, 2.24) is 5.32 Å². The first kappa shape index (κ1) is 25.1. The highest BCUT2D eigenvalue weighted by Crippen LogP contribution is 2.65. The quantitative estimate of drug-likeness (QED) is 0.343. The molecule has 0 heterocycles. The normalized spacial score (nSPS) is 36.4. The molecule has 36 heavy (non-hydrogen) atoms. The third-order valence-electron chi connectivity index (χ3n) is 10.1. The number of phenolic OH excluding ortho intramolecular Hbond substituents is 2. The summed E-state index contributed by atoms with van der Waals surface area (Å²) in [5, 5.41) is 36.7. The van der Waals surface area contributed by atoms with Crippen LogP contribution in [0, 0.1) is 28.6 Å². The van der Waals surface area contributed by atoms with Crippen LogP contribution >= 0.6 is 0 Å². The van der Waals surface area contributed by atoms with Gasteiger partial charge in [-0.25, -0.2) is 0 Å². The molecular formula is C29H40N2O5. The average Bonchev–Trinajstić information content (AvgIpc) is 3.16.